The Balaban J connectivity index is 1.70. The van der Waals surface area contributed by atoms with Gasteiger partial charge in [0.2, 0.25) is 0 Å². The van der Waals surface area contributed by atoms with Crippen molar-refractivity contribution in [1.82, 2.24) is 5.43 Å². The molecule has 0 unspecified atom stereocenters. The molecule has 0 aliphatic heterocycles. The number of methoxy groups -OCH3 is 1. The van der Waals surface area contributed by atoms with Gasteiger partial charge in [0.1, 0.15) is 12.4 Å². The van der Waals surface area contributed by atoms with E-state index in [2.05, 4.69) is 33.1 Å². The zero-order valence-corrected chi connectivity index (χ0v) is 19.8. The van der Waals surface area contributed by atoms with Crippen molar-refractivity contribution in [2.24, 2.45) is 5.10 Å². The lowest BCUT2D eigenvalue weighted by molar-refractivity contribution is 0.0955. The second kappa shape index (κ2) is 10.8. The van der Waals surface area contributed by atoms with E-state index < -0.39 is 11.7 Å². The summed E-state index contributed by atoms with van der Waals surface area (Å²) in [6, 6.07) is 13.9. The lowest BCUT2D eigenvalue weighted by Gasteiger charge is -2.14. The van der Waals surface area contributed by atoms with E-state index in [-0.39, 0.29) is 6.61 Å². The second-order valence-corrected chi connectivity index (χ2v) is 8.27. The van der Waals surface area contributed by atoms with Gasteiger partial charge in [0.05, 0.1) is 16.9 Å². The fraction of sp³-hybridized carbons (Fsp3) is 0.0909. The van der Waals surface area contributed by atoms with Crippen LogP contribution in [-0.2, 0) is 6.61 Å². The fourth-order valence-electron chi connectivity index (χ4n) is 2.57. The summed E-state index contributed by atoms with van der Waals surface area (Å²) < 4.78 is 25.1. The van der Waals surface area contributed by atoms with Crippen LogP contribution in [0.5, 0.6) is 11.5 Å². The minimum atomic E-state index is -0.447. The van der Waals surface area contributed by atoms with Crippen molar-refractivity contribution in [2.45, 2.75) is 6.61 Å². The number of nitrogens with zero attached hydrogens (tertiary/aromatic N) is 1. The molecule has 0 atom stereocenters. The molecule has 0 aliphatic rings. The van der Waals surface area contributed by atoms with Crippen molar-refractivity contribution < 1.29 is 18.7 Å². The van der Waals surface area contributed by atoms with Crippen LogP contribution in [0.4, 0.5) is 4.39 Å². The second-order valence-electron chi connectivity index (χ2n) is 6.26. The average molecular weight is 573 g/mol. The Hall–Kier alpha value is -2.36. The Morgan fingerprint density at radius 2 is 1.90 bits per heavy atom. The van der Waals surface area contributed by atoms with Crippen molar-refractivity contribution in [1.29, 1.82) is 0 Å². The summed E-state index contributed by atoms with van der Waals surface area (Å²) >= 11 is 14.3. The van der Waals surface area contributed by atoms with E-state index in [0.29, 0.717) is 32.7 Å². The van der Waals surface area contributed by atoms with Gasteiger partial charge in [-0.2, -0.15) is 5.10 Å². The van der Waals surface area contributed by atoms with E-state index in [1.165, 1.54) is 37.6 Å². The van der Waals surface area contributed by atoms with Crippen molar-refractivity contribution >= 4 is 57.9 Å². The molecular formula is C22H16Cl2FIN2O3. The zero-order chi connectivity index (χ0) is 22.4. The maximum absolute atomic E-state index is 13.0. The van der Waals surface area contributed by atoms with Crippen LogP contribution in [0.3, 0.4) is 0 Å². The molecule has 5 nitrogen and oxygen atoms in total. The van der Waals surface area contributed by atoms with E-state index in [4.69, 9.17) is 32.7 Å². The van der Waals surface area contributed by atoms with Gasteiger partial charge in [-0.1, -0.05) is 29.3 Å². The third-order valence-electron chi connectivity index (χ3n) is 4.13. The lowest BCUT2D eigenvalue weighted by atomic mass is 10.2. The minimum absolute atomic E-state index is 0.240. The molecule has 0 saturated heterocycles. The van der Waals surface area contributed by atoms with Gasteiger partial charge in [0.25, 0.3) is 5.91 Å². The van der Waals surface area contributed by atoms with Crippen LogP contribution < -0.4 is 14.9 Å². The molecule has 0 radical (unpaired) electrons. The number of ether oxygens (including phenoxy) is 2. The van der Waals surface area contributed by atoms with Gasteiger partial charge in [0.15, 0.2) is 11.5 Å². The zero-order valence-electron chi connectivity index (χ0n) is 16.2. The Labute approximate surface area is 202 Å². The first kappa shape index (κ1) is 23.3. The molecule has 0 aliphatic carbocycles. The van der Waals surface area contributed by atoms with Crippen LogP contribution in [0.2, 0.25) is 10.0 Å². The number of carbonyl (C=O) groups excluding carboxylic acids is 1. The summed E-state index contributed by atoms with van der Waals surface area (Å²) in [4.78, 5) is 12.0. The van der Waals surface area contributed by atoms with E-state index in [0.717, 1.165) is 9.13 Å². The topological polar surface area (TPSA) is 59.9 Å². The molecule has 3 rings (SSSR count). The third-order valence-corrected chi connectivity index (χ3v) is 5.51. The summed E-state index contributed by atoms with van der Waals surface area (Å²) in [5.74, 6) is 0.199. The van der Waals surface area contributed by atoms with Gasteiger partial charge >= 0.3 is 0 Å². The maximum atomic E-state index is 13.0. The highest BCUT2D eigenvalue weighted by molar-refractivity contribution is 14.1. The number of hydrogen-bond acceptors (Lipinski definition) is 4. The van der Waals surface area contributed by atoms with E-state index >= 15 is 0 Å². The molecule has 1 N–H and O–H groups in total. The first-order valence-electron chi connectivity index (χ1n) is 8.90. The molecule has 0 saturated carbocycles. The van der Waals surface area contributed by atoms with Crippen molar-refractivity contribution in [2.75, 3.05) is 7.11 Å². The highest BCUT2D eigenvalue weighted by Crippen LogP contribution is 2.34. The molecule has 0 bridgehead atoms. The first-order valence-corrected chi connectivity index (χ1v) is 10.7. The monoisotopic (exact) mass is 572 g/mol. The fourth-order valence-corrected chi connectivity index (χ4v) is 3.82. The van der Waals surface area contributed by atoms with Crippen molar-refractivity contribution in [3.8, 4) is 11.5 Å². The average Bonchev–Trinajstić information content (AvgIpc) is 2.74. The highest BCUT2D eigenvalue weighted by Gasteiger charge is 2.13. The Morgan fingerprint density at radius 3 is 2.58 bits per heavy atom. The molecule has 0 heterocycles. The molecule has 0 aromatic heterocycles. The number of carbonyl (C=O) groups is 1. The van der Waals surface area contributed by atoms with Gasteiger partial charge in [-0.05, 0) is 76.7 Å². The van der Waals surface area contributed by atoms with Crippen LogP contribution in [-0.4, -0.2) is 19.2 Å². The van der Waals surface area contributed by atoms with Crippen LogP contribution in [0.1, 0.15) is 21.5 Å². The van der Waals surface area contributed by atoms with Gasteiger partial charge in [-0.3, -0.25) is 4.79 Å². The van der Waals surface area contributed by atoms with E-state index in [1.807, 2.05) is 6.07 Å². The predicted octanol–water partition coefficient (Wildman–Crippen LogP) is 6.09. The molecular weight excluding hydrogens is 557 g/mol. The molecule has 3 aromatic carbocycles. The molecule has 31 heavy (non-hydrogen) atoms. The molecule has 0 spiro atoms. The lowest BCUT2D eigenvalue weighted by Crippen LogP contribution is -2.17. The molecule has 0 fully saturated rings. The largest absolute Gasteiger partial charge is 0.493 e. The summed E-state index contributed by atoms with van der Waals surface area (Å²) in [6.07, 6.45) is 1.48. The number of benzene rings is 3. The van der Waals surface area contributed by atoms with E-state index in [1.54, 1.807) is 24.3 Å². The maximum Gasteiger partial charge on any atom is 0.271 e. The number of nitrogens with one attached hydrogen (secondary N) is 1. The molecule has 9 heteroatoms. The van der Waals surface area contributed by atoms with Gasteiger partial charge in [-0.25, -0.2) is 9.82 Å². The van der Waals surface area contributed by atoms with E-state index in [9.17, 15) is 9.18 Å². The summed E-state index contributed by atoms with van der Waals surface area (Å²) in [7, 11) is 1.53. The van der Waals surface area contributed by atoms with Gasteiger partial charge < -0.3 is 9.47 Å². The Morgan fingerprint density at radius 1 is 1.16 bits per heavy atom. The standard InChI is InChI=1S/C22H16Cl2FIN2O3/c1-30-20-9-13(11-27-28-22(29)14-3-6-17(25)7-4-14)8-19(26)21(20)31-12-15-2-5-16(23)10-18(15)24/h2-11H,12H2,1H3,(H,28,29)/b27-11-. The summed E-state index contributed by atoms with van der Waals surface area (Å²) in [6.45, 7) is 0.240. The first-order chi connectivity index (χ1) is 14.9. The van der Waals surface area contributed by atoms with Gasteiger partial charge in [-0.15, -0.1) is 0 Å². The van der Waals surface area contributed by atoms with Gasteiger partial charge in [0, 0.05) is 21.2 Å². The SMILES string of the molecule is COc1cc(/C=N\NC(=O)c2ccc(F)cc2)cc(I)c1OCc1ccc(Cl)cc1Cl. The van der Waals surface area contributed by atoms with Crippen molar-refractivity contribution in [3.05, 3.63) is 90.7 Å². The van der Waals surface area contributed by atoms with Crippen LogP contribution in [0.25, 0.3) is 0 Å². The number of hydrazone groups is 1. The van der Waals surface area contributed by atoms with Crippen LogP contribution >= 0.6 is 45.8 Å². The smallest absolute Gasteiger partial charge is 0.271 e. The Kier molecular flexibility index (Phi) is 8.11. The minimum Gasteiger partial charge on any atom is -0.493 e. The number of rotatable bonds is 7. The molecule has 1 amide bonds. The summed E-state index contributed by atoms with van der Waals surface area (Å²) in [5, 5.41) is 5.02. The molecule has 160 valence electrons. The number of halogens is 4. The Bertz CT molecular complexity index is 1120. The van der Waals surface area contributed by atoms with Crippen LogP contribution in [0, 0.1) is 9.39 Å². The third kappa shape index (κ3) is 6.32. The number of amides is 1. The normalized spacial score (nSPS) is 10.9. The van der Waals surface area contributed by atoms with Crippen molar-refractivity contribution in [3.63, 3.8) is 0 Å². The predicted molar refractivity (Wildman–Crippen MR) is 128 cm³/mol. The van der Waals surface area contributed by atoms with Crippen LogP contribution in [0.15, 0.2) is 59.7 Å². The summed E-state index contributed by atoms with van der Waals surface area (Å²) in [5.41, 5.74) is 4.19. The highest BCUT2D eigenvalue weighted by atomic mass is 127. The quantitative estimate of drug-likeness (QED) is 0.212. The molecule has 3 aromatic rings. The number of hydrogen-bond donors (Lipinski definition) is 1.